The molecule has 0 heterocycles. The summed E-state index contributed by atoms with van der Waals surface area (Å²) in [6.45, 7) is 8.67. The first kappa shape index (κ1) is 22.4. The minimum atomic E-state index is -0.407. The SMILES string of the molecule is CCCNC(=O)Cc1cccc(N(Cc2ccc(F)cc2)C(=O)NC(C)(C)C)c1. The number of halogens is 1. The number of urea groups is 1. The summed E-state index contributed by atoms with van der Waals surface area (Å²) in [5.41, 5.74) is 1.90. The van der Waals surface area contributed by atoms with Crippen molar-refractivity contribution >= 4 is 17.6 Å². The Labute approximate surface area is 172 Å². The topological polar surface area (TPSA) is 61.4 Å². The van der Waals surface area contributed by atoms with Gasteiger partial charge in [-0.1, -0.05) is 31.2 Å². The molecule has 0 aliphatic rings. The standard InChI is InChI=1S/C23H30FN3O2/c1-5-13-25-21(28)15-18-7-6-8-20(14-18)27(22(29)26-23(2,3)4)16-17-9-11-19(24)12-10-17/h6-12,14H,5,13,15-16H2,1-4H3,(H,25,28)(H,26,29). The second-order valence-corrected chi connectivity index (χ2v) is 8.09. The van der Waals surface area contributed by atoms with Crippen LogP contribution in [0, 0.1) is 5.82 Å². The van der Waals surface area contributed by atoms with E-state index in [1.54, 1.807) is 17.0 Å². The molecule has 6 heteroatoms. The van der Waals surface area contributed by atoms with Crippen molar-refractivity contribution in [3.63, 3.8) is 0 Å². The molecule has 0 spiro atoms. The molecule has 2 aromatic carbocycles. The minimum Gasteiger partial charge on any atom is -0.356 e. The summed E-state index contributed by atoms with van der Waals surface area (Å²) in [4.78, 5) is 26.6. The summed E-state index contributed by atoms with van der Waals surface area (Å²) in [6.07, 6.45) is 1.13. The molecule has 29 heavy (non-hydrogen) atoms. The molecule has 0 atom stereocenters. The maximum absolute atomic E-state index is 13.3. The lowest BCUT2D eigenvalue weighted by Gasteiger charge is -2.29. The molecule has 0 aliphatic carbocycles. The van der Waals surface area contributed by atoms with Crippen LogP contribution in [0.5, 0.6) is 0 Å². The Kier molecular flexibility index (Phi) is 7.76. The van der Waals surface area contributed by atoms with E-state index >= 15 is 0 Å². The molecule has 2 rings (SSSR count). The third-order valence-electron chi connectivity index (χ3n) is 4.14. The Morgan fingerprint density at radius 3 is 2.34 bits per heavy atom. The van der Waals surface area contributed by atoms with Gasteiger partial charge in [0.25, 0.3) is 0 Å². The van der Waals surface area contributed by atoms with Gasteiger partial charge in [-0.15, -0.1) is 0 Å². The van der Waals surface area contributed by atoms with Crippen molar-refractivity contribution in [1.29, 1.82) is 0 Å². The Bertz CT molecular complexity index is 829. The fourth-order valence-electron chi connectivity index (χ4n) is 2.79. The van der Waals surface area contributed by atoms with E-state index in [0.717, 1.165) is 17.5 Å². The highest BCUT2D eigenvalue weighted by atomic mass is 19.1. The third-order valence-corrected chi connectivity index (χ3v) is 4.14. The molecule has 0 radical (unpaired) electrons. The van der Waals surface area contributed by atoms with Crippen molar-refractivity contribution in [3.8, 4) is 0 Å². The van der Waals surface area contributed by atoms with Crippen LogP contribution in [0.25, 0.3) is 0 Å². The van der Waals surface area contributed by atoms with Crippen LogP contribution in [0.3, 0.4) is 0 Å². The molecule has 0 fully saturated rings. The van der Waals surface area contributed by atoms with Crippen molar-refractivity contribution in [1.82, 2.24) is 10.6 Å². The highest BCUT2D eigenvalue weighted by molar-refractivity contribution is 5.92. The van der Waals surface area contributed by atoms with E-state index < -0.39 is 5.54 Å². The number of amides is 3. The molecule has 5 nitrogen and oxygen atoms in total. The first-order valence-corrected chi connectivity index (χ1v) is 9.87. The van der Waals surface area contributed by atoms with Crippen LogP contribution in [0.1, 0.15) is 45.2 Å². The number of hydrogen-bond acceptors (Lipinski definition) is 2. The zero-order valence-electron chi connectivity index (χ0n) is 17.6. The Morgan fingerprint density at radius 1 is 1.03 bits per heavy atom. The summed E-state index contributed by atoms with van der Waals surface area (Å²) in [7, 11) is 0. The predicted molar refractivity (Wildman–Crippen MR) is 114 cm³/mol. The number of nitrogens with zero attached hydrogens (tertiary/aromatic N) is 1. The normalized spacial score (nSPS) is 11.1. The first-order valence-electron chi connectivity index (χ1n) is 9.87. The number of anilines is 1. The van der Waals surface area contributed by atoms with Crippen molar-refractivity contribution in [3.05, 3.63) is 65.5 Å². The van der Waals surface area contributed by atoms with Crippen molar-refractivity contribution in [2.24, 2.45) is 0 Å². The lowest BCUT2D eigenvalue weighted by Crippen LogP contribution is -2.48. The Balaban J connectivity index is 2.27. The van der Waals surface area contributed by atoms with Gasteiger partial charge in [0.2, 0.25) is 5.91 Å². The molecule has 0 unspecified atom stereocenters. The lowest BCUT2D eigenvalue weighted by atomic mass is 10.1. The summed E-state index contributed by atoms with van der Waals surface area (Å²) >= 11 is 0. The highest BCUT2D eigenvalue weighted by Crippen LogP contribution is 2.21. The van der Waals surface area contributed by atoms with Crippen LogP contribution in [-0.2, 0) is 17.8 Å². The largest absolute Gasteiger partial charge is 0.356 e. The molecule has 156 valence electrons. The number of carbonyl (C=O) groups excluding carboxylic acids is 2. The summed E-state index contributed by atoms with van der Waals surface area (Å²) < 4.78 is 13.3. The van der Waals surface area contributed by atoms with E-state index in [4.69, 9.17) is 0 Å². The third kappa shape index (κ3) is 7.56. The maximum Gasteiger partial charge on any atom is 0.322 e. The Hall–Kier alpha value is -2.89. The van der Waals surface area contributed by atoms with Crippen LogP contribution in [-0.4, -0.2) is 24.0 Å². The molecular weight excluding hydrogens is 369 g/mol. The quantitative estimate of drug-likeness (QED) is 0.724. The van der Waals surface area contributed by atoms with Gasteiger partial charge in [0, 0.05) is 17.8 Å². The van der Waals surface area contributed by atoms with E-state index in [1.165, 1.54) is 12.1 Å². The number of hydrogen-bond donors (Lipinski definition) is 2. The average molecular weight is 400 g/mol. The number of rotatable bonds is 7. The average Bonchev–Trinajstić information content (AvgIpc) is 2.64. The Morgan fingerprint density at radius 2 is 1.72 bits per heavy atom. The van der Waals surface area contributed by atoms with Gasteiger partial charge in [-0.3, -0.25) is 9.69 Å². The smallest absolute Gasteiger partial charge is 0.322 e. The van der Waals surface area contributed by atoms with Gasteiger partial charge in [-0.25, -0.2) is 9.18 Å². The van der Waals surface area contributed by atoms with E-state index in [0.29, 0.717) is 12.2 Å². The molecule has 3 amide bonds. The number of benzene rings is 2. The minimum absolute atomic E-state index is 0.0479. The highest BCUT2D eigenvalue weighted by Gasteiger charge is 2.22. The van der Waals surface area contributed by atoms with Gasteiger partial charge in [0.05, 0.1) is 13.0 Å². The fourth-order valence-corrected chi connectivity index (χ4v) is 2.79. The van der Waals surface area contributed by atoms with Crippen LogP contribution in [0.2, 0.25) is 0 Å². The van der Waals surface area contributed by atoms with Gasteiger partial charge in [-0.05, 0) is 62.6 Å². The van der Waals surface area contributed by atoms with Gasteiger partial charge in [0.1, 0.15) is 5.82 Å². The second kappa shape index (κ2) is 10.0. The van der Waals surface area contributed by atoms with Crippen LogP contribution in [0.4, 0.5) is 14.9 Å². The summed E-state index contributed by atoms with van der Waals surface area (Å²) in [6, 6.07) is 13.2. The molecular formula is C23H30FN3O2. The zero-order chi connectivity index (χ0) is 21.4. The van der Waals surface area contributed by atoms with Crippen molar-refractivity contribution in [2.45, 2.75) is 52.6 Å². The van der Waals surface area contributed by atoms with Crippen molar-refractivity contribution < 1.29 is 14.0 Å². The second-order valence-electron chi connectivity index (χ2n) is 8.09. The van der Waals surface area contributed by atoms with E-state index in [1.807, 2.05) is 52.0 Å². The number of carbonyl (C=O) groups is 2. The van der Waals surface area contributed by atoms with E-state index in [9.17, 15) is 14.0 Å². The predicted octanol–water partition coefficient (Wildman–Crippen LogP) is 4.41. The van der Waals surface area contributed by atoms with Gasteiger partial charge in [0.15, 0.2) is 0 Å². The maximum atomic E-state index is 13.3. The molecule has 0 aromatic heterocycles. The van der Waals surface area contributed by atoms with Crippen LogP contribution in [0.15, 0.2) is 48.5 Å². The molecule has 2 N–H and O–H groups in total. The van der Waals surface area contributed by atoms with Gasteiger partial charge < -0.3 is 10.6 Å². The molecule has 0 bridgehead atoms. The monoisotopic (exact) mass is 399 g/mol. The zero-order valence-corrected chi connectivity index (χ0v) is 17.6. The summed E-state index contributed by atoms with van der Waals surface area (Å²) in [5, 5.41) is 5.83. The van der Waals surface area contributed by atoms with Gasteiger partial charge >= 0.3 is 6.03 Å². The molecule has 0 aliphatic heterocycles. The lowest BCUT2D eigenvalue weighted by molar-refractivity contribution is -0.120. The number of nitrogens with one attached hydrogen (secondary N) is 2. The molecule has 0 saturated carbocycles. The van der Waals surface area contributed by atoms with E-state index in [-0.39, 0.29) is 30.7 Å². The van der Waals surface area contributed by atoms with E-state index in [2.05, 4.69) is 10.6 Å². The fraction of sp³-hybridized carbons (Fsp3) is 0.391. The van der Waals surface area contributed by atoms with Crippen LogP contribution >= 0.6 is 0 Å². The van der Waals surface area contributed by atoms with Crippen LogP contribution < -0.4 is 15.5 Å². The molecule has 2 aromatic rings. The molecule has 0 saturated heterocycles. The van der Waals surface area contributed by atoms with Gasteiger partial charge in [-0.2, -0.15) is 0 Å². The summed E-state index contributed by atoms with van der Waals surface area (Å²) in [5.74, 6) is -0.368. The first-order chi connectivity index (χ1) is 13.7. The van der Waals surface area contributed by atoms with Crippen molar-refractivity contribution in [2.75, 3.05) is 11.4 Å².